The number of fused-ring (bicyclic) bond motifs is 3. The van der Waals surface area contributed by atoms with Crippen LogP contribution in [0.4, 0.5) is 0 Å². The largest absolute Gasteiger partial charge is 0.353 e. The van der Waals surface area contributed by atoms with Gasteiger partial charge < -0.3 is 5.32 Å². The van der Waals surface area contributed by atoms with Gasteiger partial charge in [0.1, 0.15) is 0 Å². The molecule has 1 fully saturated rings. The predicted molar refractivity (Wildman–Crippen MR) is 63.4 cm³/mol. The van der Waals surface area contributed by atoms with E-state index in [0.29, 0.717) is 18.4 Å². The third-order valence-corrected chi connectivity index (χ3v) is 3.94. The van der Waals surface area contributed by atoms with Gasteiger partial charge in [0.05, 0.1) is 0 Å². The van der Waals surface area contributed by atoms with Gasteiger partial charge in [-0.05, 0) is 37.3 Å². The number of carbonyl (C=O) groups excluding carboxylic acids is 1. The molecular formula is C14H17NO. The van der Waals surface area contributed by atoms with Gasteiger partial charge in [-0.2, -0.15) is 0 Å². The molecule has 1 aromatic rings. The lowest BCUT2D eigenvalue weighted by Gasteiger charge is -2.37. The lowest BCUT2D eigenvalue weighted by molar-refractivity contribution is -0.123. The minimum Gasteiger partial charge on any atom is -0.353 e. The normalized spacial score (nSPS) is 27.9. The summed E-state index contributed by atoms with van der Waals surface area (Å²) in [7, 11) is 0. The van der Waals surface area contributed by atoms with Crippen molar-refractivity contribution < 1.29 is 4.79 Å². The third-order valence-electron chi connectivity index (χ3n) is 3.94. The molecule has 84 valence electrons. The summed E-state index contributed by atoms with van der Waals surface area (Å²) in [5.41, 5.74) is 4.32. The molecule has 2 nitrogen and oxygen atoms in total. The summed E-state index contributed by atoms with van der Waals surface area (Å²) < 4.78 is 0. The van der Waals surface area contributed by atoms with E-state index in [4.69, 9.17) is 0 Å². The van der Waals surface area contributed by atoms with Crippen LogP contribution in [0.15, 0.2) is 18.2 Å². The van der Waals surface area contributed by atoms with E-state index in [1.807, 2.05) is 0 Å². The van der Waals surface area contributed by atoms with Gasteiger partial charge in [0.2, 0.25) is 5.91 Å². The zero-order chi connectivity index (χ0) is 11.1. The third kappa shape index (κ3) is 1.53. The highest BCUT2D eigenvalue weighted by Gasteiger charge is 2.33. The number of amides is 1. The zero-order valence-electron chi connectivity index (χ0n) is 9.62. The van der Waals surface area contributed by atoms with E-state index in [9.17, 15) is 4.79 Å². The lowest BCUT2D eigenvalue weighted by atomic mass is 9.75. The van der Waals surface area contributed by atoms with Crippen molar-refractivity contribution in [3.8, 4) is 0 Å². The summed E-state index contributed by atoms with van der Waals surface area (Å²) in [5, 5.41) is 3.13. The van der Waals surface area contributed by atoms with E-state index >= 15 is 0 Å². The Labute approximate surface area is 96.1 Å². The van der Waals surface area contributed by atoms with E-state index in [1.165, 1.54) is 16.7 Å². The molecule has 1 amide bonds. The number of carbonyl (C=O) groups is 1. The average molecular weight is 215 g/mol. The molecule has 1 aromatic carbocycles. The molecule has 0 bridgehead atoms. The van der Waals surface area contributed by atoms with Crippen LogP contribution < -0.4 is 5.32 Å². The van der Waals surface area contributed by atoms with Gasteiger partial charge in [-0.15, -0.1) is 0 Å². The second-order valence-corrected chi connectivity index (χ2v) is 5.06. The Morgan fingerprint density at radius 2 is 2.12 bits per heavy atom. The van der Waals surface area contributed by atoms with Gasteiger partial charge in [0.25, 0.3) is 0 Å². The van der Waals surface area contributed by atoms with Crippen LogP contribution in [0.5, 0.6) is 0 Å². The molecule has 1 aliphatic heterocycles. The fourth-order valence-corrected chi connectivity index (χ4v) is 3.14. The Morgan fingerprint density at radius 1 is 1.25 bits per heavy atom. The van der Waals surface area contributed by atoms with Gasteiger partial charge in [-0.1, -0.05) is 23.8 Å². The highest BCUT2D eigenvalue weighted by atomic mass is 16.1. The lowest BCUT2D eigenvalue weighted by Crippen LogP contribution is -2.45. The van der Waals surface area contributed by atoms with Crippen molar-refractivity contribution in [2.75, 3.05) is 0 Å². The Morgan fingerprint density at radius 3 is 3.00 bits per heavy atom. The van der Waals surface area contributed by atoms with Crippen molar-refractivity contribution in [3.63, 3.8) is 0 Å². The van der Waals surface area contributed by atoms with Crippen molar-refractivity contribution in [2.24, 2.45) is 0 Å². The molecule has 1 heterocycles. The smallest absolute Gasteiger partial charge is 0.220 e. The SMILES string of the molecule is Cc1ccc2c(c1)CCC1NC(=O)CCC21. The highest BCUT2D eigenvalue weighted by molar-refractivity contribution is 5.77. The van der Waals surface area contributed by atoms with Gasteiger partial charge in [0.15, 0.2) is 0 Å². The van der Waals surface area contributed by atoms with Crippen molar-refractivity contribution in [2.45, 2.75) is 44.6 Å². The maximum absolute atomic E-state index is 11.4. The molecule has 0 saturated carbocycles. The van der Waals surface area contributed by atoms with Crippen LogP contribution in [-0.4, -0.2) is 11.9 Å². The topological polar surface area (TPSA) is 29.1 Å². The number of rotatable bonds is 0. The van der Waals surface area contributed by atoms with Crippen LogP contribution in [0, 0.1) is 6.92 Å². The Kier molecular flexibility index (Phi) is 2.23. The summed E-state index contributed by atoms with van der Waals surface area (Å²) in [6.45, 7) is 2.15. The molecule has 2 aliphatic rings. The minimum atomic E-state index is 0.233. The number of piperidine rings is 1. The Bertz CT molecular complexity index is 438. The van der Waals surface area contributed by atoms with Gasteiger partial charge in [0, 0.05) is 18.4 Å². The predicted octanol–water partition coefficient (Wildman–Crippen LogP) is 2.30. The molecule has 3 rings (SSSR count). The first kappa shape index (κ1) is 9.88. The molecule has 0 spiro atoms. The van der Waals surface area contributed by atoms with Crippen molar-refractivity contribution >= 4 is 5.91 Å². The van der Waals surface area contributed by atoms with Crippen molar-refractivity contribution in [1.82, 2.24) is 5.32 Å². The summed E-state index contributed by atoms with van der Waals surface area (Å²) >= 11 is 0. The monoisotopic (exact) mass is 215 g/mol. The maximum atomic E-state index is 11.4. The van der Waals surface area contributed by atoms with E-state index in [1.54, 1.807) is 0 Å². The summed E-state index contributed by atoms with van der Waals surface area (Å²) in [4.78, 5) is 11.4. The van der Waals surface area contributed by atoms with Gasteiger partial charge in [-0.3, -0.25) is 4.79 Å². The second kappa shape index (κ2) is 3.62. The Balaban J connectivity index is 1.97. The first-order valence-electron chi connectivity index (χ1n) is 6.13. The van der Waals surface area contributed by atoms with E-state index in [0.717, 1.165) is 19.3 Å². The fraction of sp³-hybridized carbons (Fsp3) is 0.500. The molecule has 2 heteroatoms. The first-order valence-corrected chi connectivity index (χ1v) is 6.13. The molecule has 1 N–H and O–H groups in total. The molecule has 2 unspecified atom stereocenters. The standard InChI is InChI=1S/C14H17NO/c1-9-2-4-11-10(8-9)3-6-13-12(11)5-7-14(16)15-13/h2,4,8,12-13H,3,5-7H2,1H3,(H,15,16). The second-order valence-electron chi connectivity index (χ2n) is 5.06. The summed E-state index contributed by atoms with van der Waals surface area (Å²) in [5.74, 6) is 0.791. The van der Waals surface area contributed by atoms with Gasteiger partial charge in [-0.25, -0.2) is 0 Å². The maximum Gasteiger partial charge on any atom is 0.220 e. The minimum absolute atomic E-state index is 0.233. The summed E-state index contributed by atoms with van der Waals surface area (Å²) in [6.07, 6.45) is 3.92. The number of aryl methyl sites for hydroxylation is 2. The summed E-state index contributed by atoms with van der Waals surface area (Å²) in [6, 6.07) is 7.15. The quantitative estimate of drug-likeness (QED) is 0.707. The van der Waals surface area contributed by atoms with E-state index in [2.05, 4.69) is 30.4 Å². The molecule has 0 radical (unpaired) electrons. The van der Waals surface area contributed by atoms with E-state index < -0.39 is 0 Å². The zero-order valence-corrected chi connectivity index (χ0v) is 9.62. The van der Waals surface area contributed by atoms with Crippen LogP contribution in [0.2, 0.25) is 0 Å². The molecule has 2 atom stereocenters. The first-order chi connectivity index (χ1) is 7.74. The Hall–Kier alpha value is -1.31. The van der Waals surface area contributed by atoms with Crippen LogP contribution in [0.1, 0.15) is 41.9 Å². The van der Waals surface area contributed by atoms with Crippen molar-refractivity contribution in [1.29, 1.82) is 0 Å². The number of nitrogens with one attached hydrogen (secondary N) is 1. The van der Waals surface area contributed by atoms with Crippen LogP contribution >= 0.6 is 0 Å². The molecule has 0 aromatic heterocycles. The van der Waals surface area contributed by atoms with E-state index in [-0.39, 0.29) is 5.91 Å². The molecule has 16 heavy (non-hydrogen) atoms. The average Bonchev–Trinajstić information content (AvgIpc) is 2.28. The highest BCUT2D eigenvalue weighted by Crippen LogP contribution is 2.37. The van der Waals surface area contributed by atoms with Crippen LogP contribution in [-0.2, 0) is 11.2 Å². The van der Waals surface area contributed by atoms with Gasteiger partial charge >= 0.3 is 0 Å². The fourth-order valence-electron chi connectivity index (χ4n) is 3.14. The van der Waals surface area contributed by atoms with Crippen molar-refractivity contribution in [3.05, 3.63) is 34.9 Å². The molecular weight excluding hydrogens is 198 g/mol. The number of hydrogen-bond acceptors (Lipinski definition) is 1. The molecule has 1 aliphatic carbocycles. The number of benzene rings is 1. The van der Waals surface area contributed by atoms with Crippen LogP contribution in [0.25, 0.3) is 0 Å². The van der Waals surface area contributed by atoms with Crippen LogP contribution in [0.3, 0.4) is 0 Å². The molecule has 1 saturated heterocycles. The number of hydrogen-bond donors (Lipinski definition) is 1.